The lowest BCUT2D eigenvalue weighted by Gasteiger charge is -2.30. The van der Waals surface area contributed by atoms with E-state index in [1.54, 1.807) is 11.1 Å². The molecule has 2 aromatic rings. The fourth-order valence-electron chi connectivity index (χ4n) is 4.30. The molecule has 2 aliphatic rings. The van der Waals surface area contributed by atoms with Crippen LogP contribution in [-0.2, 0) is 9.59 Å². The first kappa shape index (κ1) is 19.7. The Bertz CT molecular complexity index is 861. The first-order valence-electron chi connectivity index (χ1n) is 10.8. The molecule has 1 aliphatic carbocycles. The number of carbonyl (C=O) groups is 2. The minimum Gasteiger partial charge on any atom is -0.490 e. The standard InChI is InChI=1S/C23H29N3O3/c27-22(16-26-14-3-1-2-6-23(26)28)25-18-7-9-19(10-8-18)29-20-11-12-21-17(15-20)5-4-13-24-21/h4-5,11-13,15,18-19H,1-3,6-10,14,16H2,(H,25,27). The number of aromatic nitrogens is 1. The number of pyridine rings is 1. The number of benzene rings is 1. The Morgan fingerprint density at radius 1 is 1.14 bits per heavy atom. The molecule has 29 heavy (non-hydrogen) atoms. The molecule has 0 radical (unpaired) electrons. The molecule has 0 unspecified atom stereocenters. The van der Waals surface area contributed by atoms with Crippen LogP contribution in [0.2, 0.25) is 0 Å². The summed E-state index contributed by atoms with van der Waals surface area (Å²) in [5.41, 5.74) is 0.967. The van der Waals surface area contributed by atoms with Crippen LogP contribution in [0.25, 0.3) is 10.9 Å². The first-order chi connectivity index (χ1) is 14.2. The molecule has 4 rings (SSSR count). The van der Waals surface area contributed by atoms with Crippen LogP contribution in [0.1, 0.15) is 51.4 Å². The fraction of sp³-hybridized carbons (Fsp3) is 0.522. The van der Waals surface area contributed by atoms with E-state index < -0.39 is 0 Å². The molecule has 0 bridgehead atoms. The van der Waals surface area contributed by atoms with E-state index in [0.717, 1.165) is 61.6 Å². The third-order valence-corrected chi connectivity index (χ3v) is 5.92. The van der Waals surface area contributed by atoms with E-state index in [0.29, 0.717) is 13.0 Å². The normalized spacial score (nSPS) is 22.9. The van der Waals surface area contributed by atoms with Gasteiger partial charge in [-0.1, -0.05) is 12.5 Å². The number of nitrogens with zero attached hydrogens (tertiary/aromatic N) is 2. The number of hydrogen-bond donors (Lipinski definition) is 1. The van der Waals surface area contributed by atoms with Gasteiger partial charge in [0.25, 0.3) is 0 Å². The molecule has 1 saturated heterocycles. The van der Waals surface area contributed by atoms with Crippen molar-refractivity contribution in [2.24, 2.45) is 0 Å². The lowest BCUT2D eigenvalue weighted by molar-refractivity contribution is -0.135. The first-order valence-corrected chi connectivity index (χ1v) is 10.8. The van der Waals surface area contributed by atoms with E-state index in [2.05, 4.69) is 10.3 Å². The summed E-state index contributed by atoms with van der Waals surface area (Å²) in [5.74, 6) is 0.949. The number of amides is 2. The second-order valence-corrected chi connectivity index (χ2v) is 8.14. The van der Waals surface area contributed by atoms with Gasteiger partial charge in [0.2, 0.25) is 11.8 Å². The van der Waals surface area contributed by atoms with E-state index in [4.69, 9.17) is 4.74 Å². The van der Waals surface area contributed by atoms with Gasteiger partial charge < -0.3 is 15.0 Å². The molecule has 2 fully saturated rings. The van der Waals surface area contributed by atoms with Gasteiger partial charge in [-0.15, -0.1) is 0 Å². The van der Waals surface area contributed by atoms with Crippen molar-refractivity contribution in [2.75, 3.05) is 13.1 Å². The highest BCUT2D eigenvalue weighted by atomic mass is 16.5. The lowest BCUT2D eigenvalue weighted by Crippen LogP contribution is -2.45. The topological polar surface area (TPSA) is 71.5 Å². The van der Waals surface area contributed by atoms with Crippen molar-refractivity contribution in [3.05, 3.63) is 36.5 Å². The van der Waals surface area contributed by atoms with Crippen molar-refractivity contribution < 1.29 is 14.3 Å². The zero-order valence-electron chi connectivity index (χ0n) is 16.8. The van der Waals surface area contributed by atoms with Gasteiger partial charge >= 0.3 is 0 Å². The van der Waals surface area contributed by atoms with Crippen molar-refractivity contribution in [3.8, 4) is 5.75 Å². The third-order valence-electron chi connectivity index (χ3n) is 5.92. The molecule has 6 heteroatoms. The van der Waals surface area contributed by atoms with Crippen molar-refractivity contribution in [2.45, 2.75) is 63.5 Å². The van der Waals surface area contributed by atoms with Crippen LogP contribution in [0.5, 0.6) is 5.75 Å². The molecule has 1 N–H and O–H groups in total. The minimum atomic E-state index is -0.0355. The van der Waals surface area contributed by atoms with Crippen molar-refractivity contribution in [3.63, 3.8) is 0 Å². The fourth-order valence-corrected chi connectivity index (χ4v) is 4.30. The predicted molar refractivity (Wildman–Crippen MR) is 112 cm³/mol. The van der Waals surface area contributed by atoms with Crippen molar-refractivity contribution in [1.82, 2.24) is 15.2 Å². The highest BCUT2D eigenvalue weighted by Crippen LogP contribution is 2.26. The summed E-state index contributed by atoms with van der Waals surface area (Å²) in [6, 6.07) is 10.1. The zero-order chi connectivity index (χ0) is 20.1. The summed E-state index contributed by atoms with van der Waals surface area (Å²) in [5, 5.41) is 4.20. The maximum atomic E-state index is 12.4. The van der Waals surface area contributed by atoms with Gasteiger partial charge in [-0.3, -0.25) is 14.6 Å². The monoisotopic (exact) mass is 395 g/mol. The second kappa shape index (κ2) is 9.25. The molecular weight excluding hydrogens is 366 g/mol. The largest absolute Gasteiger partial charge is 0.490 e. The average molecular weight is 396 g/mol. The van der Waals surface area contributed by atoms with Crippen LogP contribution in [-0.4, -0.2) is 46.9 Å². The molecule has 154 valence electrons. The van der Waals surface area contributed by atoms with E-state index in [1.807, 2.05) is 30.3 Å². The molecule has 1 saturated carbocycles. The van der Waals surface area contributed by atoms with Crippen molar-refractivity contribution >= 4 is 22.7 Å². The van der Waals surface area contributed by atoms with Crippen LogP contribution >= 0.6 is 0 Å². The zero-order valence-corrected chi connectivity index (χ0v) is 16.8. The quantitative estimate of drug-likeness (QED) is 0.842. The summed E-state index contributed by atoms with van der Waals surface area (Å²) >= 11 is 0. The Morgan fingerprint density at radius 3 is 2.86 bits per heavy atom. The van der Waals surface area contributed by atoms with Gasteiger partial charge in [0, 0.05) is 30.6 Å². The van der Waals surface area contributed by atoms with Crippen LogP contribution in [0.3, 0.4) is 0 Å². The molecule has 2 amide bonds. The van der Waals surface area contributed by atoms with Crippen LogP contribution in [0.4, 0.5) is 0 Å². The number of nitrogens with one attached hydrogen (secondary N) is 1. The predicted octanol–water partition coefficient (Wildman–Crippen LogP) is 3.44. The van der Waals surface area contributed by atoms with Crippen LogP contribution < -0.4 is 10.1 Å². The van der Waals surface area contributed by atoms with Gasteiger partial charge in [0.05, 0.1) is 18.2 Å². The van der Waals surface area contributed by atoms with Crippen LogP contribution in [0, 0.1) is 0 Å². The maximum Gasteiger partial charge on any atom is 0.239 e. The summed E-state index contributed by atoms with van der Waals surface area (Å²) < 4.78 is 6.17. The third kappa shape index (κ3) is 5.25. The molecule has 0 spiro atoms. The Labute approximate surface area is 171 Å². The molecular formula is C23H29N3O3. The van der Waals surface area contributed by atoms with Gasteiger partial charge in [-0.2, -0.15) is 0 Å². The Morgan fingerprint density at radius 2 is 2.00 bits per heavy atom. The number of ether oxygens (including phenoxy) is 1. The molecule has 1 aliphatic heterocycles. The molecule has 0 atom stereocenters. The number of rotatable bonds is 5. The molecule has 1 aromatic carbocycles. The molecule has 1 aromatic heterocycles. The molecule has 2 heterocycles. The SMILES string of the molecule is O=C(CN1CCCCCC1=O)NC1CCC(Oc2ccc3ncccc3c2)CC1. The average Bonchev–Trinajstić information content (AvgIpc) is 2.93. The number of carbonyl (C=O) groups excluding carboxylic acids is 2. The second-order valence-electron chi connectivity index (χ2n) is 8.14. The number of hydrogen-bond acceptors (Lipinski definition) is 4. The van der Waals surface area contributed by atoms with E-state index in [9.17, 15) is 9.59 Å². The van der Waals surface area contributed by atoms with E-state index in [1.165, 1.54) is 0 Å². The summed E-state index contributed by atoms with van der Waals surface area (Å²) in [6.45, 7) is 0.897. The lowest BCUT2D eigenvalue weighted by atomic mass is 9.93. The minimum absolute atomic E-state index is 0.0355. The molecule has 6 nitrogen and oxygen atoms in total. The Hall–Kier alpha value is -2.63. The van der Waals surface area contributed by atoms with Gasteiger partial charge in [-0.25, -0.2) is 0 Å². The maximum absolute atomic E-state index is 12.4. The summed E-state index contributed by atoms with van der Waals surface area (Å²) in [4.78, 5) is 30.5. The smallest absolute Gasteiger partial charge is 0.239 e. The Balaban J connectivity index is 1.23. The van der Waals surface area contributed by atoms with Crippen molar-refractivity contribution in [1.29, 1.82) is 0 Å². The number of fused-ring (bicyclic) bond motifs is 1. The summed E-state index contributed by atoms with van der Waals surface area (Å²) in [7, 11) is 0. The van der Waals surface area contributed by atoms with E-state index >= 15 is 0 Å². The van der Waals surface area contributed by atoms with Crippen LogP contribution in [0.15, 0.2) is 36.5 Å². The number of likely N-dealkylation sites (tertiary alicyclic amines) is 1. The van der Waals surface area contributed by atoms with Gasteiger partial charge in [0.1, 0.15) is 5.75 Å². The van der Waals surface area contributed by atoms with Gasteiger partial charge in [-0.05, 0) is 62.8 Å². The summed E-state index contributed by atoms with van der Waals surface area (Å²) in [6.07, 6.45) is 9.17. The Kier molecular flexibility index (Phi) is 6.27. The van der Waals surface area contributed by atoms with Gasteiger partial charge in [0.15, 0.2) is 0 Å². The highest BCUT2D eigenvalue weighted by Gasteiger charge is 2.25. The highest BCUT2D eigenvalue weighted by molar-refractivity contribution is 5.85. The van der Waals surface area contributed by atoms with E-state index in [-0.39, 0.29) is 30.5 Å².